The second-order valence-electron chi connectivity index (χ2n) is 5.69. The van der Waals surface area contributed by atoms with Gasteiger partial charge in [0.05, 0.1) is 0 Å². The van der Waals surface area contributed by atoms with Crippen molar-refractivity contribution in [2.45, 2.75) is 46.2 Å². The third-order valence-electron chi connectivity index (χ3n) is 4.09. The van der Waals surface area contributed by atoms with Crippen molar-refractivity contribution in [2.75, 3.05) is 18.0 Å². The molecule has 1 aliphatic heterocycles. The molecule has 0 amide bonds. The van der Waals surface area contributed by atoms with Crippen molar-refractivity contribution >= 4 is 5.69 Å². The smallest absolute Gasteiger partial charge is 0.129 e. The molecule has 19 heavy (non-hydrogen) atoms. The van der Waals surface area contributed by atoms with E-state index >= 15 is 0 Å². The molecule has 2 rings (SSSR count). The maximum atomic E-state index is 14.1. The highest BCUT2D eigenvalue weighted by Gasteiger charge is 2.25. The van der Waals surface area contributed by atoms with Gasteiger partial charge in [0.15, 0.2) is 0 Å². The van der Waals surface area contributed by atoms with Gasteiger partial charge in [0.25, 0.3) is 0 Å². The summed E-state index contributed by atoms with van der Waals surface area (Å²) < 4.78 is 14.1. The van der Waals surface area contributed by atoms with Gasteiger partial charge < -0.3 is 10.2 Å². The van der Waals surface area contributed by atoms with Gasteiger partial charge in [0.2, 0.25) is 0 Å². The van der Waals surface area contributed by atoms with Crippen LogP contribution in [0.15, 0.2) is 18.2 Å². The van der Waals surface area contributed by atoms with Crippen molar-refractivity contribution in [3.05, 3.63) is 29.6 Å². The van der Waals surface area contributed by atoms with E-state index in [4.69, 9.17) is 0 Å². The quantitative estimate of drug-likeness (QED) is 0.894. The minimum absolute atomic E-state index is 0.0933. The van der Waals surface area contributed by atoms with Crippen molar-refractivity contribution < 1.29 is 4.39 Å². The highest BCUT2D eigenvalue weighted by Crippen LogP contribution is 2.31. The first kappa shape index (κ1) is 14.3. The molecule has 1 saturated heterocycles. The molecule has 1 aliphatic rings. The van der Waals surface area contributed by atoms with Crippen molar-refractivity contribution in [3.8, 4) is 0 Å². The molecule has 0 aromatic heterocycles. The van der Waals surface area contributed by atoms with Crippen molar-refractivity contribution in [1.29, 1.82) is 0 Å². The van der Waals surface area contributed by atoms with E-state index in [1.54, 1.807) is 6.07 Å². The van der Waals surface area contributed by atoms with Crippen LogP contribution in [0.5, 0.6) is 0 Å². The van der Waals surface area contributed by atoms with Crippen LogP contribution in [0.1, 0.15) is 39.2 Å². The predicted molar refractivity (Wildman–Crippen MR) is 79.0 cm³/mol. The average molecular weight is 264 g/mol. The summed E-state index contributed by atoms with van der Waals surface area (Å²) in [6.07, 6.45) is 2.39. The zero-order valence-corrected chi connectivity index (χ0v) is 12.2. The lowest BCUT2D eigenvalue weighted by atomic mass is 9.92. The van der Waals surface area contributed by atoms with Gasteiger partial charge in [0.1, 0.15) is 5.82 Å². The van der Waals surface area contributed by atoms with Crippen LogP contribution in [0, 0.1) is 11.7 Å². The summed E-state index contributed by atoms with van der Waals surface area (Å²) in [5.74, 6) is 0.682. The second kappa shape index (κ2) is 6.38. The van der Waals surface area contributed by atoms with E-state index in [0.717, 1.165) is 30.3 Å². The van der Waals surface area contributed by atoms with E-state index in [2.05, 4.69) is 30.1 Å². The maximum absolute atomic E-state index is 14.1. The van der Waals surface area contributed by atoms with Gasteiger partial charge in [-0.1, -0.05) is 19.9 Å². The zero-order valence-electron chi connectivity index (χ0n) is 12.2. The van der Waals surface area contributed by atoms with E-state index < -0.39 is 0 Å². The van der Waals surface area contributed by atoms with Crippen LogP contribution in [-0.4, -0.2) is 19.1 Å². The standard InChI is InChI=1S/C16H25FN2/c1-4-18-11-14-15(17)6-5-7-16(14)19-9-8-12(2)10-13(19)3/h5-7,12-13,18H,4,8-11H2,1-3H3. The summed E-state index contributed by atoms with van der Waals surface area (Å²) in [6.45, 7) is 9.10. The Balaban J connectivity index is 2.25. The van der Waals surface area contributed by atoms with Crippen LogP contribution >= 0.6 is 0 Å². The number of rotatable bonds is 4. The molecule has 2 unspecified atom stereocenters. The Morgan fingerprint density at radius 2 is 2.16 bits per heavy atom. The number of halogens is 1. The van der Waals surface area contributed by atoms with Crippen molar-refractivity contribution in [1.82, 2.24) is 5.32 Å². The molecular formula is C16H25FN2. The summed E-state index contributed by atoms with van der Waals surface area (Å²) in [5, 5.41) is 3.24. The van der Waals surface area contributed by atoms with Crippen LogP contribution in [0.3, 0.4) is 0 Å². The van der Waals surface area contributed by atoms with Crippen LogP contribution in [0.25, 0.3) is 0 Å². The molecule has 2 nitrogen and oxygen atoms in total. The van der Waals surface area contributed by atoms with Crippen molar-refractivity contribution in [2.24, 2.45) is 5.92 Å². The lowest BCUT2D eigenvalue weighted by Gasteiger charge is -2.39. The molecule has 1 N–H and O–H groups in total. The predicted octanol–water partition coefficient (Wildman–Crippen LogP) is 3.56. The summed E-state index contributed by atoms with van der Waals surface area (Å²) in [6, 6.07) is 5.94. The van der Waals surface area contributed by atoms with E-state index in [0.29, 0.717) is 12.6 Å². The first-order chi connectivity index (χ1) is 9.13. The molecule has 1 aromatic rings. The van der Waals surface area contributed by atoms with Crippen molar-refractivity contribution in [3.63, 3.8) is 0 Å². The Morgan fingerprint density at radius 1 is 1.37 bits per heavy atom. The van der Waals surface area contributed by atoms with Crippen LogP contribution in [0.4, 0.5) is 10.1 Å². The van der Waals surface area contributed by atoms with E-state index in [1.807, 2.05) is 13.0 Å². The number of anilines is 1. The Hall–Kier alpha value is -1.09. The van der Waals surface area contributed by atoms with Crippen LogP contribution in [-0.2, 0) is 6.54 Å². The number of hydrogen-bond donors (Lipinski definition) is 1. The third kappa shape index (κ3) is 3.27. The molecule has 1 aromatic carbocycles. The molecule has 0 spiro atoms. The number of nitrogens with one attached hydrogen (secondary N) is 1. The first-order valence-electron chi connectivity index (χ1n) is 7.38. The van der Waals surface area contributed by atoms with Gasteiger partial charge >= 0.3 is 0 Å². The molecule has 1 fully saturated rings. The van der Waals surface area contributed by atoms with Gasteiger partial charge in [-0.3, -0.25) is 0 Å². The maximum Gasteiger partial charge on any atom is 0.129 e. The molecule has 0 bridgehead atoms. The van der Waals surface area contributed by atoms with E-state index in [-0.39, 0.29) is 5.82 Å². The molecule has 3 heteroatoms. The van der Waals surface area contributed by atoms with Gasteiger partial charge in [-0.15, -0.1) is 0 Å². The van der Waals surface area contributed by atoms with Gasteiger partial charge in [-0.05, 0) is 44.4 Å². The second-order valence-corrected chi connectivity index (χ2v) is 5.69. The van der Waals surface area contributed by atoms with E-state index in [9.17, 15) is 4.39 Å². The van der Waals surface area contributed by atoms with E-state index in [1.165, 1.54) is 12.8 Å². The molecule has 0 radical (unpaired) electrons. The lowest BCUT2D eigenvalue weighted by Crippen LogP contribution is -2.41. The normalized spacial score (nSPS) is 23.7. The zero-order chi connectivity index (χ0) is 13.8. The molecular weight excluding hydrogens is 239 g/mol. The fraction of sp³-hybridized carbons (Fsp3) is 0.625. The molecule has 0 aliphatic carbocycles. The number of piperidine rings is 1. The number of hydrogen-bond acceptors (Lipinski definition) is 2. The fourth-order valence-corrected chi connectivity index (χ4v) is 3.01. The minimum atomic E-state index is -0.0933. The Bertz CT molecular complexity index is 419. The monoisotopic (exact) mass is 264 g/mol. The summed E-state index contributed by atoms with van der Waals surface area (Å²) in [7, 11) is 0. The molecule has 1 heterocycles. The number of benzene rings is 1. The highest BCUT2D eigenvalue weighted by molar-refractivity contribution is 5.55. The Morgan fingerprint density at radius 3 is 2.84 bits per heavy atom. The largest absolute Gasteiger partial charge is 0.368 e. The van der Waals surface area contributed by atoms with Gasteiger partial charge in [-0.2, -0.15) is 0 Å². The Labute approximate surface area is 116 Å². The van der Waals surface area contributed by atoms with Crippen LogP contribution in [0.2, 0.25) is 0 Å². The topological polar surface area (TPSA) is 15.3 Å². The summed E-state index contributed by atoms with van der Waals surface area (Å²) in [4.78, 5) is 2.37. The Kier molecular flexibility index (Phi) is 4.81. The lowest BCUT2D eigenvalue weighted by molar-refractivity contribution is 0.376. The number of nitrogens with zero attached hydrogens (tertiary/aromatic N) is 1. The van der Waals surface area contributed by atoms with Gasteiger partial charge in [-0.25, -0.2) is 4.39 Å². The SMILES string of the molecule is CCNCc1c(F)cccc1N1CCC(C)CC1C. The first-order valence-corrected chi connectivity index (χ1v) is 7.38. The molecule has 2 atom stereocenters. The average Bonchev–Trinajstić information content (AvgIpc) is 2.37. The molecule has 0 saturated carbocycles. The minimum Gasteiger partial charge on any atom is -0.368 e. The third-order valence-corrected chi connectivity index (χ3v) is 4.09. The summed E-state index contributed by atoms with van der Waals surface area (Å²) >= 11 is 0. The summed E-state index contributed by atoms with van der Waals surface area (Å²) in [5.41, 5.74) is 1.88. The fourth-order valence-electron chi connectivity index (χ4n) is 3.01. The van der Waals surface area contributed by atoms with Gasteiger partial charge in [0, 0.05) is 30.4 Å². The van der Waals surface area contributed by atoms with Crippen LogP contribution < -0.4 is 10.2 Å². The molecule has 106 valence electrons. The highest BCUT2D eigenvalue weighted by atomic mass is 19.1.